The highest BCUT2D eigenvalue weighted by Gasteiger charge is 2.26. The first-order valence-corrected chi connectivity index (χ1v) is 9.76. The van der Waals surface area contributed by atoms with Crippen LogP contribution in [0.25, 0.3) is 0 Å². The van der Waals surface area contributed by atoms with E-state index in [4.69, 9.17) is 31.2 Å². The number of thiocarbonyl (C=S) groups is 1. The molecule has 0 saturated carbocycles. The van der Waals surface area contributed by atoms with Gasteiger partial charge in [-0.05, 0) is 35.9 Å². The number of amides is 1. The number of hydrazone groups is 1. The van der Waals surface area contributed by atoms with Gasteiger partial charge in [-0.1, -0.05) is 24.0 Å². The second-order valence-electron chi connectivity index (χ2n) is 5.88. The van der Waals surface area contributed by atoms with Gasteiger partial charge >= 0.3 is 0 Å². The number of carbonyl (C=O) groups excluding carboxylic acids is 1. The Balaban J connectivity index is 1.49. The van der Waals surface area contributed by atoms with Gasteiger partial charge in [-0.3, -0.25) is 4.79 Å². The van der Waals surface area contributed by atoms with Crippen LogP contribution in [0.2, 0.25) is 0 Å². The van der Waals surface area contributed by atoms with Crippen LogP contribution in [0.15, 0.2) is 41.5 Å². The van der Waals surface area contributed by atoms with Gasteiger partial charge in [-0.2, -0.15) is 10.1 Å². The Morgan fingerprint density at radius 2 is 2.11 bits per heavy atom. The zero-order chi connectivity index (χ0) is 19.5. The van der Waals surface area contributed by atoms with E-state index in [9.17, 15) is 4.79 Å². The molecule has 4 rings (SSSR count). The molecule has 0 N–H and O–H groups in total. The lowest BCUT2D eigenvalue weighted by atomic mass is 10.1. The van der Waals surface area contributed by atoms with E-state index >= 15 is 0 Å². The summed E-state index contributed by atoms with van der Waals surface area (Å²) in [6.45, 7) is 0.511. The van der Waals surface area contributed by atoms with Gasteiger partial charge in [0.15, 0.2) is 15.8 Å². The van der Waals surface area contributed by atoms with Crippen molar-refractivity contribution in [2.75, 3.05) is 19.7 Å². The molecule has 1 fully saturated rings. The monoisotopic (exact) mass is 416 g/mol. The topological polar surface area (TPSA) is 69.6 Å². The van der Waals surface area contributed by atoms with Crippen LogP contribution in [0.1, 0.15) is 11.1 Å². The summed E-state index contributed by atoms with van der Waals surface area (Å²) in [7, 11) is 1.60. The highest BCUT2D eigenvalue weighted by molar-refractivity contribution is 8.23. The zero-order valence-electron chi connectivity index (χ0n) is 14.9. The molecule has 1 amide bonds. The summed E-state index contributed by atoms with van der Waals surface area (Å²) >= 11 is 6.43. The van der Waals surface area contributed by atoms with E-state index in [2.05, 4.69) is 5.10 Å². The van der Waals surface area contributed by atoms with Crippen molar-refractivity contribution < 1.29 is 23.7 Å². The fourth-order valence-corrected chi connectivity index (χ4v) is 3.67. The van der Waals surface area contributed by atoms with Crippen molar-refractivity contribution in [3.05, 3.63) is 47.5 Å². The molecule has 0 aromatic heterocycles. The van der Waals surface area contributed by atoms with E-state index in [1.807, 2.05) is 30.3 Å². The minimum atomic E-state index is -0.119. The first-order chi connectivity index (χ1) is 13.6. The van der Waals surface area contributed by atoms with Gasteiger partial charge in [-0.25, -0.2) is 0 Å². The van der Waals surface area contributed by atoms with E-state index in [1.54, 1.807) is 19.4 Å². The van der Waals surface area contributed by atoms with Gasteiger partial charge in [0.2, 0.25) is 6.79 Å². The summed E-state index contributed by atoms with van der Waals surface area (Å²) in [6, 6.07) is 11.0. The van der Waals surface area contributed by atoms with Crippen LogP contribution in [0.5, 0.6) is 23.0 Å². The van der Waals surface area contributed by atoms with Gasteiger partial charge in [0, 0.05) is 11.6 Å². The molecule has 2 heterocycles. The highest BCUT2D eigenvalue weighted by Crippen LogP contribution is 2.35. The first-order valence-electron chi connectivity index (χ1n) is 8.37. The molecule has 0 atom stereocenters. The molecule has 1 saturated heterocycles. The summed E-state index contributed by atoms with van der Waals surface area (Å²) in [5, 5.41) is 5.44. The predicted octanol–water partition coefficient (Wildman–Crippen LogP) is 3.20. The minimum Gasteiger partial charge on any atom is -0.496 e. The molecule has 2 aromatic rings. The summed E-state index contributed by atoms with van der Waals surface area (Å²) < 4.78 is 22.4. The largest absolute Gasteiger partial charge is 0.496 e. The van der Waals surface area contributed by atoms with Gasteiger partial charge in [0.05, 0.1) is 19.1 Å². The van der Waals surface area contributed by atoms with Crippen LogP contribution < -0.4 is 18.9 Å². The molecule has 0 aliphatic carbocycles. The molecule has 0 unspecified atom stereocenters. The summed E-state index contributed by atoms with van der Waals surface area (Å²) in [4.78, 5) is 11.8. The number of methoxy groups -OCH3 is 1. The lowest BCUT2D eigenvalue weighted by molar-refractivity contribution is -0.123. The fraction of sp³-hybridized carbons (Fsp3) is 0.211. The van der Waals surface area contributed by atoms with Crippen molar-refractivity contribution in [2.24, 2.45) is 5.10 Å². The molecule has 2 aliphatic rings. The quantitative estimate of drug-likeness (QED) is 0.529. The minimum absolute atomic E-state index is 0.119. The predicted molar refractivity (Wildman–Crippen MR) is 109 cm³/mol. The Morgan fingerprint density at radius 3 is 2.89 bits per heavy atom. The lowest BCUT2D eigenvalue weighted by Gasteiger charge is -2.12. The maximum absolute atomic E-state index is 11.8. The lowest BCUT2D eigenvalue weighted by Crippen LogP contribution is -2.22. The molecular formula is C19H16N2O5S2. The molecule has 2 aliphatic heterocycles. The molecule has 0 radical (unpaired) electrons. The third-order valence-corrected chi connectivity index (χ3v) is 5.43. The van der Waals surface area contributed by atoms with Gasteiger partial charge in [0.1, 0.15) is 18.1 Å². The zero-order valence-corrected chi connectivity index (χ0v) is 16.5. The molecule has 28 heavy (non-hydrogen) atoms. The van der Waals surface area contributed by atoms with Gasteiger partial charge < -0.3 is 18.9 Å². The standard InChI is InChI=1S/C19H16N2O5S2/c1-23-15-4-2-12(8-20-21-18(22)10-28-19(21)27)6-13(15)9-24-14-3-5-16-17(7-14)26-11-25-16/h2-8H,9-11H2,1H3/b20-8-. The van der Waals surface area contributed by atoms with Crippen LogP contribution in [0.3, 0.4) is 0 Å². The number of nitrogens with zero attached hydrogens (tertiary/aromatic N) is 2. The molecule has 9 heteroatoms. The number of thioether (sulfide) groups is 1. The second kappa shape index (κ2) is 8.07. The number of rotatable bonds is 6. The molecule has 7 nitrogen and oxygen atoms in total. The first kappa shape index (κ1) is 18.6. The Labute approximate surface area is 171 Å². The Hall–Kier alpha value is -2.78. The van der Waals surface area contributed by atoms with Gasteiger partial charge in [-0.15, -0.1) is 0 Å². The number of hydrogen-bond donors (Lipinski definition) is 0. The van der Waals surface area contributed by atoms with Crippen LogP contribution in [-0.2, 0) is 11.4 Å². The second-order valence-corrected chi connectivity index (χ2v) is 7.49. The number of benzene rings is 2. The maximum Gasteiger partial charge on any atom is 0.259 e. The van der Waals surface area contributed by atoms with Crippen molar-refractivity contribution in [3.63, 3.8) is 0 Å². The van der Waals surface area contributed by atoms with Crippen LogP contribution in [-0.4, -0.2) is 41.1 Å². The number of hydrogen-bond acceptors (Lipinski definition) is 8. The normalized spacial score (nSPS) is 15.5. The van der Waals surface area contributed by atoms with Crippen molar-refractivity contribution in [1.82, 2.24) is 5.01 Å². The number of ether oxygens (including phenoxy) is 4. The van der Waals surface area contributed by atoms with Crippen LogP contribution in [0, 0.1) is 0 Å². The maximum atomic E-state index is 11.8. The summed E-state index contributed by atoms with van der Waals surface area (Å²) in [5.74, 6) is 2.93. The average molecular weight is 416 g/mol. The highest BCUT2D eigenvalue weighted by atomic mass is 32.2. The summed E-state index contributed by atoms with van der Waals surface area (Å²) in [6.07, 6.45) is 1.60. The van der Waals surface area contributed by atoms with E-state index in [0.717, 1.165) is 11.1 Å². The van der Waals surface area contributed by atoms with E-state index in [0.29, 0.717) is 39.7 Å². The Kier molecular flexibility index (Phi) is 5.36. The average Bonchev–Trinajstić information content (AvgIpc) is 3.30. The van der Waals surface area contributed by atoms with E-state index in [-0.39, 0.29) is 12.7 Å². The van der Waals surface area contributed by atoms with Crippen molar-refractivity contribution in [2.45, 2.75) is 6.61 Å². The SMILES string of the molecule is COc1ccc(/C=N\N2C(=O)CSC2=S)cc1COc1ccc2c(c1)OCO2. The number of carbonyl (C=O) groups is 1. The van der Waals surface area contributed by atoms with Crippen LogP contribution >= 0.6 is 24.0 Å². The smallest absolute Gasteiger partial charge is 0.259 e. The Morgan fingerprint density at radius 1 is 1.25 bits per heavy atom. The third kappa shape index (κ3) is 3.90. The molecule has 144 valence electrons. The third-order valence-electron chi connectivity index (χ3n) is 4.09. The van der Waals surface area contributed by atoms with E-state index < -0.39 is 0 Å². The van der Waals surface area contributed by atoms with Crippen molar-refractivity contribution in [1.29, 1.82) is 0 Å². The fourth-order valence-electron chi connectivity index (χ4n) is 2.70. The molecule has 0 spiro atoms. The molecule has 2 aromatic carbocycles. The summed E-state index contributed by atoms with van der Waals surface area (Å²) in [5.41, 5.74) is 1.64. The molecular weight excluding hydrogens is 400 g/mol. The van der Waals surface area contributed by atoms with E-state index in [1.165, 1.54) is 16.8 Å². The number of fused-ring (bicyclic) bond motifs is 1. The van der Waals surface area contributed by atoms with Gasteiger partial charge in [0.25, 0.3) is 5.91 Å². The van der Waals surface area contributed by atoms with Crippen molar-refractivity contribution >= 4 is 40.4 Å². The van der Waals surface area contributed by atoms with Crippen LogP contribution in [0.4, 0.5) is 0 Å². The van der Waals surface area contributed by atoms with Crippen molar-refractivity contribution in [3.8, 4) is 23.0 Å². The Bertz CT molecular complexity index is 947. The molecule has 0 bridgehead atoms.